The molecule has 1 aromatic heterocycles. The van der Waals surface area contributed by atoms with E-state index in [1.807, 2.05) is 24.3 Å². The normalized spacial score (nSPS) is 11.6. The first-order valence-corrected chi connectivity index (χ1v) is 5.36. The number of anilines is 4. The number of ether oxygens (including phenoxy) is 1. The van der Waals surface area contributed by atoms with Crippen LogP contribution in [0.2, 0.25) is 0 Å². The van der Waals surface area contributed by atoms with E-state index in [1.54, 1.807) is 0 Å². The van der Waals surface area contributed by atoms with Crippen LogP contribution in [0.15, 0.2) is 30.6 Å². The smallest absolute Gasteiger partial charge is 0.359 e. The summed E-state index contributed by atoms with van der Waals surface area (Å²) in [5.74, 6) is 0.0615. The van der Waals surface area contributed by atoms with E-state index in [-0.39, 0.29) is 5.69 Å². The molecule has 18 heavy (non-hydrogen) atoms. The van der Waals surface area contributed by atoms with Crippen molar-refractivity contribution in [2.75, 3.05) is 17.7 Å². The fourth-order valence-electron chi connectivity index (χ4n) is 1.81. The molecule has 2 N–H and O–H groups in total. The Kier molecular flexibility index (Phi) is 2.33. The van der Waals surface area contributed by atoms with Gasteiger partial charge >= 0.3 is 5.97 Å². The van der Waals surface area contributed by atoms with Gasteiger partial charge in [0.15, 0.2) is 11.5 Å². The predicted octanol–water partition coefficient (Wildman–Crippen LogP) is 2.06. The fraction of sp³-hybridized carbons (Fsp3) is 0.0833. The Morgan fingerprint density at radius 3 is 2.61 bits per heavy atom. The quantitative estimate of drug-likeness (QED) is 0.636. The molecule has 1 aliphatic heterocycles. The fourth-order valence-corrected chi connectivity index (χ4v) is 1.81. The standard InChI is InChI=1S/C12H10N4O2/c1-18-12(17)10-9-11(14-6-13-10)16-8-5-3-2-4-7(8)15-9/h2-6,15H,1H3,(H,13,14,16). The number of hydrogen-bond donors (Lipinski definition) is 2. The number of hydrogen-bond acceptors (Lipinski definition) is 6. The highest BCUT2D eigenvalue weighted by atomic mass is 16.5. The number of nitrogens with one attached hydrogen (secondary N) is 2. The maximum Gasteiger partial charge on any atom is 0.359 e. The van der Waals surface area contributed by atoms with Gasteiger partial charge in [-0.05, 0) is 12.1 Å². The number of benzene rings is 1. The topological polar surface area (TPSA) is 76.1 Å². The largest absolute Gasteiger partial charge is 0.464 e. The van der Waals surface area contributed by atoms with Crippen molar-refractivity contribution in [2.24, 2.45) is 0 Å². The first-order chi connectivity index (χ1) is 8.79. The average Bonchev–Trinajstić information content (AvgIpc) is 2.43. The van der Waals surface area contributed by atoms with Gasteiger partial charge in [-0.1, -0.05) is 12.1 Å². The second kappa shape index (κ2) is 3.99. The van der Waals surface area contributed by atoms with E-state index in [0.29, 0.717) is 11.5 Å². The summed E-state index contributed by atoms with van der Waals surface area (Å²) in [6, 6.07) is 7.64. The van der Waals surface area contributed by atoms with Gasteiger partial charge in [-0.2, -0.15) is 0 Å². The van der Waals surface area contributed by atoms with Crippen molar-refractivity contribution in [2.45, 2.75) is 0 Å². The molecule has 0 saturated heterocycles. The molecule has 0 amide bonds. The molecule has 6 nitrogen and oxygen atoms in total. The minimum atomic E-state index is -0.498. The van der Waals surface area contributed by atoms with E-state index in [9.17, 15) is 4.79 Å². The van der Waals surface area contributed by atoms with Crippen LogP contribution in [0.4, 0.5) is 22.9 Å². The number of aromatic nitrogens is 2. The van der Waals surface area contributed by atoms with E-state index in [4.69, 9.17) is 4.74 Å². The zero-order chi connectivity index (χ0) is 12.5. The van der Waals surface area contributed by atoms with Crippen LogP contribution < -0.4 is 10.6 Å². The summed E-state index contributed by atoms with van der Waals surface area (Å²) in [4.78, 5) is 19.7. The molecule has 90 valence electrons. The molecule has 0 radical (unpaired) electrons. The van der Waals surface area contributed by atoms with E-state index in [1.165, 1.54) is 13.4 Å². The van der Waals surface area contributed by atoms with Crippen LogP contribution in [-0.2, 0) is 4.74 Å². The van der Waals surface area contributed by atoms with Crippen molar-refractivity contribution in [1.29, 1.82) is 0 Å². The first-order valence-electron chi connectivity index (χ1n) is 5.36. The van der Waals surface area contributed by atoms with Gasteiger partial charge in [0.1, 0.15) is 12.0 Å². The monoisotopic (exact) mass is 242 g/mol. The highest BCUT2D eigenvalue weighted by Gasteiger charge is 2.23. The van der Waals surface area contributed by atoms with Crippen LogP contribution in [0.1, 0.15) is 10.5 Å². The Labute approximate surface area is 103 Å². The average molecular weight is 242 g/mol. The molecule has 0 atom stereocenters. The Morgan fingerprint density at radius 1 is 1.17 bits per heavy atom. The molecule has 0 fully saturated rings. The molecule has 2 aromatic rings. The van der Waals surface area contributed by atoms with Crippen LogP contribution in [0.5, 0.6) is 0 Å². The van der Waals surface area contributed by atoms with Gasteiger partial charge in [0.2, 0.25) is 0 Å². The molecule has 2 heterocycles. The molecule has 0 spiro atoms. The highest BCUT2D eigenvalue weighted by molar-refractivity contribution is 6.00. The Hall–Kier alpha value is -2.63. The number of carbonyl (C=O) groups excluding carboxylic acids is 1. The van der Waals surface area contributed by atoms with Crippen LogP contribution in [0.25, 0.3) is 0 Å². The summed E-state index contributed by atoms with van der Waals surface area (Å²) in [5, 5.41) is 6.27. The molecule has 0 unspecified atom stereocenters. The van der Waals surface area contributed by atoms with Crippen molar-refractivity contribution in [3.8, 4) is 0 Å². The van der Waals surface area contributed by atoms with E-state index in [2.05, 4.69) is 20.6 Å². The zero-order valence-corrected chi connectivity index (χ0v) is 9.60. The summed E-state index contributed by atoms with van der Waals surface area (Å²) in [7, 11) is 1.32. The zero-order valence-electron chi connectivity index (χ0n) is 9.60. The second-order valence-corrected chi connectivity index (χ2v) is 3.73. The maximum absolute atomic E-state index is 11.6. The van der Waals surface area contributed by atoms with E-state index >= 15 is 0 Å². The van der Waals surface area contributed by atoms with Gasteiger partial charge < -0.3 is 15.4 Å². The number of fused-ring (bicyclic) bond motifs is 2. The Balaban J connectivity index is 2.10. The number of nitrogens with zero attached hydrogens (tertiary/aromatic N) is 2. The van der Waals surface area contributed by atoms with Gasteiger partial charge in [0.05, 0.1) is 18.5 Å². The van der Waals surface area contributed by atoms with Crippen LogP contribution in [0.3, 0.4) is 0 Å². The van der Waals surface area contributed by atoms with Gasteiger partial charge in [-0.3, -0.25) is 0 Å². The Morgan fingerprint density at radius 2 is 1.89 bits per heavy atom. The van der Waals surface area contributed by atoms with Gasteiger partial charge in [-0.15, -0.1) is 0 Å². The summed E-state index contributed by atoms with van der Waals surface area (Å²) < 4.78 is 4.69. The van der Waals surface area contributed by atoms with Crippen molar-refractivity contribution in [1.82, 2.24) is 9.97 Å². The van der Waals surface area contributed by atoms with E-state index < -0.39 is 5.97 Å². The van der Waals surface area contributed by atoms with Crippen molar-refractivity contribution < 1.29 is 9.53 Å². The number of esters is 1. The van der Waals surface area contributed by atoms with Gasteiger partial charge in [0.25, 0.3) is 0 Å². The van der Waals surface area contributed by atoms with Gasteiger partial charge in [0, 0.05) is 0 Å². The lowest BCUT2D eigenvalue weighted by atomic mass is 10.2. The third-order valence-electron chi connectivity index (χ3n) is 2.67. The third kappa shape index (κ3) is 1.55. The van der Waals surface area contributed by atoms with Gasteiger partial charge in [-0.25, -0.2) is 14.8 Å². The Bertz CT molecular complexity index is 627. The van der Waals surface area contributed by atoms with Crippen molar-refractivity contribution >= 4 is 28.8 Å². The maximum atomic E-state index is 11.6. The molecule has 3 rings (SSSR count). The SMILES string of the molecule is COC(=O)c1ncnc2c1Nc1ccccc1N2. The number of para-hydroxylation sites is 2. The molecule has 0 aliphatic carbocycles. The molecule has 1 aliphatic rings. The molecular weight excluding hydrogens is 232 g/mol. The lowest BCUT2D eigenvalue weighted by Gasteiger charge is -2.22. The van der Waals surface area contributed by atoms with Crippen LogP contribution >= 0.6 is 0 Å². The van der Waals surface area contributed by atoms with E-state index in [0.717, 1.165) is 11.4 Å². The van der Waals surface area contributed by atoms with Crippen molar-refractivity contribution in [3.63, 3.8) is 0 Å². The molecule has 6 heteroatoms. The minimum Gasteiger partial charge on any atom is -0.464 e. The third-order valence-corrected chi connectivity index (χ3v) is 2.67. The molecule has 0 saturated carbocycles. The predicted molar refractivity (Wildman–Crippen MR) is 66.4 cm³/mol. The van der Waals surface area contributed by atoms with Crippen molar-refractivity contribution in [3.05, 3.63) is 36.3 Å². The number of rotatable bonds is 1. The summed E-state index contributed by atoms with van der Waals surface area (Å²) in [6.45, 7) is 0. The lowest BCUT2D eigenvalue weighted by Crippen LogP contribution is -2.15. The second-order valence-electron chi connectivity index (χ2n) is 3.73. The van der Waals surface area contributed by atoms with Crippen LogP contribution in [0, 0.1) is 0 Å². The van der Waals surface area contributed by atoms with Crippen LogP contribution in [-0.4, -0.2) is 23.0 Å². The molecular formula is C12H10N4O2. The first kappa shape index (κ1) is 10.5. The highest BCUT2D eigenvalue weighted by Crippen LogP contribution is 2.37. The number of methoxy groups -OCH3 is 1. The minimum absolute atomic E-state index is 0.213. The molecule has 1 aromatic carbocycles. The number of carbonyl (C=O) groups is 1. The molecule has 0 bridgehead atoms. The summed E-state index contributed by atoms with van der Waals surface area (Å²) in [6.07, 6.45) is 1.33. The summed E-state index contributed by atoms with van der Waals surface area (Å²) in [5.41, 5.74) is 2.51. The summed E-state index contributed by atoms with van der Waals surface area (Å²) >= 11 is 0. The lowest BCUT2D eigenvalue weighted by molar-refractivity contribution is 0.0595.